The van der Waals surface area contributed by atoms with Gasteiger partial charge in [0.2, 0.25) is 11.8 Å². The highest BCUT2D eigenvalue weighted by atomic mass is 35.5. The number of amides is 2. The van der Waals surface area contributed by atoms with E-state index in [0.717, 1.165) is 6.42 Å². The van der Waals surface area contributed by atoms with Crippen molar-refractivity contribution in [2.24, 2.45) is 17.8 Å². The van der Waals surface area contributed by atoms with Crippen molar-refractivity contribution in [2.75, 3.05) is 11.9 Å². The first-order chi connectivity index (χ1) is 15.6. The molecule has 2 unspecified atom stereocenters. The maximum atomic E-state index is 13.5. The van der Waals surface area contributed by atoms with Gasteiger partial charge in [-0.3, -0.25) is 14.4 Å². The van der Waals surface area contributed by atoms with Gasteiger partial charge >= 0.3 is 5.97 Å². The molecule has 1 aromatic rings. The van der Waals surface area contributed by atoms with Crippen molar-refractivity contribution in [1.29, 1.82) is 0 Å². The van der Waals surface area contributed by atoms with Crippen molar-refractivity contribution in [1.82, 2.24) is 10.6 Å². The molecule has 0 radical (unpaired) electrons. The van der Waals surface area contributed by atoms with E-state index in [1.54, 1.807) is 6.08 Å². The second-order valence-corrected chi connectivity index (χ2v) is 9.88. The van der Waals surface area contributed by atoms with Crippen LogP contribution >= 0.6 is 46.4 Å². The van der Waals surface area contributed by atoms with Gasteiger partial charge in [0.1, 0.15) is 0 Å². The fraction of sp³-hybridized carbons (Fsp3) is 0.409. The number of hydrogen-bond acceptors (Lipinski definition) is 4. The number of allylic oxidation sites excluding steroid dienone is 2. The summed E-state index contributed by atoms with van der Waals surface area (Å²) in [5.41, 5.74) is 0.463. The highest BCUT2D eigenvalue weighted by molar-refractivity contribution is 6.35. The molecule has 4 N–H and O–H groups in total. The molecule has 2 aliphatic rings. The minimum atomic E-state index is -1.42. The first-order valence-corrected chi connectivity index (χ1v) is 11.9. The van der Waals surface area contributed by atoms with E-state index in [2.05, 4.69) is 22.5 Å². The quantitative estimate of drug-likeness (QED) is 0.405. The van der Waals surface area contributed by atoms with Gasteiger partial charge in [-0.15, -0.1) is 11.6 Å². The zero-order valence-electron chi connectivity index (χ0n) is 17.4. The fourth-order valence-corrected chi connectivity index (χ4v) is 5.35. The van der Waals surface area contributed by atoms with Crippen LogP contribution in [0.5, 0.6) is 0 Å². The Hall–Kier alpha value is -1.77. The number of carbonyl (C=O) groups is 3. The predicted molar refractivity (Wildman–Crippen MR) is 130 cm³/mol. The van der Waals surface area contributed by atoms with Crippen molar-refractivity contribution in [3.63, 3.8) is 0 Å². The molecule has 11 heteroatoms. The second-order valence-electron chi connectivity index (χ2n) is 8.04. The summed E-state index contributed by atoms with van der Waals surface area (Å²) in [7, 11) is 0. The Morgan fingerprint density at radius 1 is 1.15 bits per heavy atom. The summed E-state index contributed by atoms with van der Waals surface area (Å²) in [6.45, 7) is 4.33. The summed E-state index contributed by atoms with van der Waals surface area (Å²) in [5.74, 6) is -6.28. The third kappa shape index (κ3) is 6.22. The fourth-order valence-electron chi connectivity index (χ4n) is 4.33. The molecule has 0 aliphatic carbocycles. The maximum Gasteiger partial charge on any atom is 0.308 e. The number of halogens is 4. The van der Waals surface area contributed by atoms with Crippen LogP contribution in [0.25, 0.3) is 0 Å². The van der Waals surface area contributed by atoms with E-state index in [0.29, 0.717) is 28.7 Å². The summed E-state index contributed by atoms with van der Waals surface area (Å²) in [6.07, 6.45) is 3.04. The summed E-state index contributed by atoms with van der Waals surface area (Å²) >= 11 is 24.7. The van der Waals surface area contributed by atoms with Crippen LogP contribution in [0.15, 0.2) is 41.6 Å². The molecular weight excluding hydrogens is 512 g/mol. The van der Waals surface area contributed by atoms with Crippen molar-refractivity contribution in [3.05, 3.63) is 51.6 Å². The molecule has 1 aromatic carbocycles. The first-order valence-electron chi connectivity index (χ1n) is 10.3. The van der Waals surface area contributed by atoms with Gasteiger partial charge in [-0.05, 0) is 44.0 Å². The number of benzene rings is 1. The number of alkyl halides is 1. The molecule has 0 bridgehead atoms. The largest absolute Gasteiger partial charge is 0.481 e. The zero-order valence-corrected chi connectivity index (χ0v) is 20.4. The third-order valence-electron chi connectivity index (χ3n) is 5.80. The molecule has 1 saturated heterocycles. The minimum Gasteiger partial charge on any atom is -0.481 e. The van der Waals surface area contributed by atoms with Gasteiger partial charge in [0.05, 0.1) is 28.5 Å². The molecule has 0 aromatic heterocycles. The van der Waals surface area contributed by atoms with Crippen LogP contribution in [0.1, 0.15) is 19.3 Å². The molecule has 2 aliphatic heterocycles. The van der Waals surface area contributed by atoms with Crippen LogP contribution in [0.2, 0.25) is 10.0 Å². The van der Waals surface area contributed by atoms with Crippen molar-refractivity contribution in [2.45, 2.75) is 30.7 Å². The molecule has 33 heavy (non-hydrogen) atoms. The van der Waals surface area contributed by atoms with Crippen molar-refractivity contribution >= 4 is 69.9 Å². The number of rotatable bonds is 6. The molecule has 1 fully saturated rings. The first kappa shape index (κ1) is 25.8. The number of aliphatic carboxylic acids is 1. The summed E-state index contributed by atoms with van der Waals surface area (Å²) < 4.78 is 0. The van der Waals surface area contributed by atoms with E-state index < -0.39 is 47.0 Å². The van der Waals surface area contributed by atoms with E-state index in [1.165, 1.54) is 18.2 Å². The number of hydrogen-bond donors (Lipinski definition) is 4. The Kier molecular flexibility index (Phi) is 8.70. The highest BCUT2D eigenvalue weighted by Gasteiger charge is 2.49. The van der Waals surface area contributed by atoms with E-state index in [9.17, 15) is 19.5 Å². The van der Waals surface area contributed by atoms with Crippen LogP contribution in [-0.2, 0) is 14.4 Å². The highest BCUT2D eigenvalue weighted by Crippen LogP contribution is 2.36. The number of anilines is 1. The average molecular weight is 535 g/mol. The molecule has 0 saturated carbocycles. The Morgan fingerprint density at radius 2 is 1.82 bits per heavy atom. The molecule has 0 spiro atoms. The number of nitrogens with one attached hydrogen (secondary N) is 3. The number of carbonyl (C=O) groups excluding carboxylic acids is 2. The Balaban J connectivity index is 2.00. The van der Waals surface area contributed by atoms with E-state index in [4.69, 9.17) is 46.4 Å². The Morgan fingerprint density at radius 3 is 2.39 bits per heavy atom. The SMILES string of the molecule is C=C1NC(=O)C([C@@H](C(=O)O)[C@@H](C(=O)Nc2cc(Cl)cc(Cl)c2)[C@H]2CCCN2)C(Cl)C/C=C\1Cl. The van der Waals surface area contributed by atoms with E-state index in [-0.39, 0.29) is 17.2 Å². The van der Waals surface area contributed by atoms with Crippen LogP contribution < -0.4 is 16.0 Å². The lowest BCUT2D eigenvalue weighted by molar-refractivity contribution is -0.152. The van der Waals surface area contributed by atoms with Crippen LogP contribution in [0.4, 0.5) is 5.69 Å². The zero-order chi connectivity index (χ0) is 24.3. The lowest BCUT2D eigenvalue weighted by Gasteiger charge is -2.35. The van der Waals surface area contributed by atoms with Gasteiger partial charge < -0.3 is 21.1 Å². The van der Waals surface area contributed by atoms with Gasteiger partial charge in [0, 0.05) is 27.2 Å². The lowest BCUT2D eigenvalue weighted by atomic mass is 9.73. The van der Waals surface area contributed by atoms with Crippen molar-refractivity contribution < 1.29 is 19.5 Å². The van der Waals surface area contributed by atoms with Crippen LogP contribution in [-0.4, -0.2) is 40.9 Å². The molecule has 2 heterocycles. The smallest absolute Gasteiger partial charge is 0.308 e. The summed E-state index contributed by atoms with van der Waals surface area (Å²) in [6, 6.07) is 4.05. The number of carboxylic acids is 1. The van der Waals surface area contributed by atoms with Crippen LogP contribution in [0, 0.1) is 17.8 Å². The molecule has 5 atom stereocenters. The normalized spacial score (nSPS) is 26.9. The minimum absolute atomic E-state index is 0.137. The molecular formula is C22H23Cl4N3O4. The van der Waals surface area contributed by atoms with Gasteiger partial charge in [-0.1, -0.05) is 47.5 Å². The third-order valence-corrected chi connectivity index (χ3v) is 7.07. The molecule has 2 amide bonds. The summed E-state index contributed by atoms with van der Waals surface area (Å²) in [5, 5.41) is 18.6. The Labute approximate surface area is 211 Å². The average Bonchev–Trinajstić information content (AvgIpc) is 3.24. The lowest BCUT2D eigenvalue weighted by Crippen LogP contribution is -2.53. The van der Waals surface area contributed by atoms with E-state index in [1.807, 2.05) is 0 Å². The van der Waals surface area contributed by atoms with Gasteiger partial charge in [0.25, 0.3) is 0 Å². The maximum absolute atomic E-state index is 13.5. The Bertz CT molecular complexity index is 974. The summed E-state index contributed by atoms with van der Waals surface area (Å²) in [4.78, 5) is 39.1. The van der Waals surface area contributed by atoms with E-state index >= 15 is 0 Å². The van der Waals surface area contributed by atoms with Crippen molar-refractivity contribution in [3.8, 4) is 0 Å². The number of carboxylic acid groups (broad SMARTS) is 1. The molecule has 7 nitrogen and oxygen atoms in total. The molecule has 3 rings (SSSR count). The second kappa shape index (κ2) is 11.1. The van der Waals surface area contributed by atoms with Gasteiger partial charge in [-0.2, -0.15) is 0 Å². The molecule has 178 valence electrons. The monoisotopic (exact) mass is 533 g/mol. The van der Waals surface area contributed by atoms with Crippen LogP contribution in [0.3, 0.4) is 0 Å². The standard InChI is InChI=1S/C22H23Cl4N3O4/c1-10-14(25)4-5-15(26)17(20(30)28-10)19(22(32)33)18(16-3-2-6-27-16)21(31)29-13-8-11(23)7-12(24)9-13/h4,7-9,15-19,27H,1-3,5-6H2,(H,28,30)(H,29,31)(H,32,33)/b14-4+/t15?,16-,17?,18+,19-/m1/s1. The van der Waals surface area contributed by atoms with Gasteiger partial charge in [-0.25, -0.2) is 0 Å². The predicted octanol–water partition coefficient (Wildman–Crippen LogP) is 4.38. The van der Waals surface area contributed by atoms with Gasteiger partial charge in [0.15, 0.2) is 0 Å². The topological polar surface area (TPSA) is 108 Å².